The molecule has 1 aliphatic carbocycles. The number of methoxy groups -OCH3 is 2. The third-order valence-corrected chi connectivity index (χ3v) is 6.82. The zero-order chi connectivity index (χ0) is 23.3. The topological polar surface area (TPSA) is 124 Å². The number of cyclic esters (lactones) is 1. The molecular formula is C24H33N3O5. The first-order valence-corrected chi connectivity index (χ1v) is 11.2. The molecule has 1 aromatic rings. The molecule has 0 bridgehead atoms. The Bertz CT molecular complexity index is 920. The molecule has 8 nitrogen and oxygen atoms in total. The molecular weight excluding hydrogens is 410 g/mol. The summed E-state index contributed by atoms with van der Waals surface area (Å²) in [6, 6.07) is 3.98. The predicted octanol–water partition coefficient (Wildman–Crippen LogP) is 4.42. The average molecular weight is 444 g/mol. The molecule has 1 aromatic carbocycles. The maximum Gasteiger partial charge on any atom is 0.337 e. The van der Waals surface area contributed by atoms with Crippen molar-refractivity contribution in [2.75, 3.05) is 14.2 Å². The summed E-state index contributed by atoms with van der Waals surface area (Å²) in [6.45, 7) is 2.07. The third kappa shape index (κ3) is 4.79. The van der Waals surface area contributed by atoms with Crippen LogP contribution in [0, 0.1) is 16.2 Å². The van der Waals surface area contributed by atoms with Crippen LogP contribution in [0.4, 0.5) is 0 Å². The standard InChI is InChI=1S/C24H33N3O5/c1-4-15-11-16(21(31-3)13-20(15)30-2)9-10-24(17-7-5-6-8-17)14-19(27-29)18(12-22(25)26)23(28)32-24/h11,13,17H,4-10,12,14H2,1-3H3,(H3,25,26). The lowest BCUT2D eigenvalue weighted by molar-refractivity contribution is -0.165. The predicted molar refractivity (Wildman–Crippen MR) is 122 cm³/mol. The molecule has 1 aliphatic heterocycles. The van der Waals surface area contributed by atoms with Gasteiger partial charge in [0.15, 0.2) is 0 Å². The first kappa shape index (κ1) is 23.8. The molecule has 3 N–H and O–H groups in total. The molecule has 1 fully saturated rings. The van der Waals surface area contributed by atoms with Crippen LogP contribution in [-0.4, -0.2) is 31.6 Å². The van der Waals surface area contributed by atoms with E-state index < -0.39 is 11.6 Å². The van der Waals surface area contributed by atoms with Crippen molar-refractivity contribution < 1.29 is 19.0 Å². The average Bonchev–Trinajstić information content (AvgIpc) is 3.34. The second kappa shape index (κ2) is 10.1. The number of aryl methyl sites for hydroxylation is 2. The molecule has 1 heterocycles. The summed E-state index contributed by atoms with van der Waals surface area (Å²) >= 11 is 0. The monoisotopic (exact) mass is 443 g/mol. The zero-order valence-corrected chi connectivity index (χ0v) is 19.2. The van der Waals surface area contributed by atoms with Gasteiger partial charge in [0.05, 0.1) is 31.3 Å². The Morgan fingerprint density at radius 2 is 1.88 bits per heavy atom. The van der Waals surface area contributed by atoms with Crippen molar-refractivity contribution in [3.8, 4) is 11.5 Å². The third-order valence-electron chi connectivity index (χ3n) is 6.82. The SMILES string of the molecule is CCc1cc(CCC2(C3CCCC3)CC(N=O)=C(CC(=N)N)C(=O)O2)c(OC)cc1OC. The Labute approximate surface area is 189 Å². The van der Waals surface area contributed by atoms with Crippen molar-refractivity contribution in [2.45, 2.75) is 70.3 Å². The highest BCUT2D eigenvalue weighted by Gasteiger charge is 2.48. The number of amidine groups is 1. The fourth-order valence-corrected chi connectivity index (χ4v) is 5.12. The quantitative estimate of drug-likeness (QED) is 0.239. The number of hydrogen-bond donors (Lipinski definition) is 2. The highest BCUT2D eigenvalue weighted by molar-refractivity contribution is 5.97. The van der Waals surface area contributed by atoms with Gasteiger partial charge < -0.3 is 19.9 Å². The van der Waals surface area contributed by atoms with Gasteiger partial charge in [0.2, 0.25) is 0 Å². The van der Waals surface area contributed by atoms with Crippen LogP contribution in [0.2, 0.25) is 0 Å². The van der Waals surface area contributed by atoms with Gasteiger partial charge in [0, 0.05) is 18.9 Å². The van der Waals surface area contributed by atoms with Gasteiger partial charge in [0.1, 0.15) is 17.1 Å². The van der Waals surface area contributed by atoms with Crippen molar-refractivity contribution in [1.29, 1.82) is 5.41 Å². The van der Waals surface area contributed by atoms with Gasteiger partial charge in [-0.05, 0) is 60.4 Å². The highest BCUT2D eigenvalue weighted by atomic mass is 16.6. The number of hydrogen-bond acceptors (Lipinski definition) is 7. The summed E-state index contributed by atoms with van der Waals surface area (Å²) in [5.74, 6) is 0.902. The van der Waals surface area contributed by atoms with E-state index in [0.29, 0.717) is 12.8 Å². The summed E-state index contributed by atoms with van der Waals surface area (Å²) in [5.41, 5.74) is 7.05. The van der Waals surface area contributed by atoms with E-state index in [2.05, 4.69) is 18.2 Å². The molecule has 0 radical (unpaired) electrons. The fraction of sp³-hybridized carbons (Fsp3) is 0.583. The smallest absolute Gasteiger partial charge is 0.337 e. The van der Waals surface area contributed by atoms with Gasteiger partial charge in [-0.2, -0.15) is 0 Å². The van der Waals surface area contributed by atoms with Crippen molar-refractivity contribution >= 4 is 11.8 Å². The molecule has 0 saturated heterocycles. The first-order valence-electron chi connectivity index (χ1n) is 11.2. The van der Waals surface area contributed by atoms with Gasteiger partial charge in [-0.1, -0.05) is 19.8 Å². The Morgan fingerprint density at radius 3 is 2.44 bits per heavy atom. The van der Waals surface area contributed by atoms with Gasteiger partial charge in [0.25, 0.3) is 0 Å². The van der Waals surface area contributed by atoms with E-state index in [1.165, 1.54) is 0 Å². The van der Waals surface area contributed by atoms with E-state index >= 15 is 0 Å². The lowest BCUT2D eigenvalue weighted by Gasteiger charge is -2.42. The molecule has 0 amide bonds. The minimum atomic E-state index is -0.797. The Kier molecular flexibility index (Phi) is 7.53. The van der Waals surface area contributed by atoms with Crippen molar-refractivity contribution in [3.63, 3.8) is 0 Å². The normalized spacial score (nSPS) is 21.4. The van der Waals surface area contributed by atoms with E-state index in [4.69, 9.17) is 25.4 Å². The number of nitrogens with one attached hydrogen (secondary N) is 1. The number of benzene rings is 1. The minimum Gasteiger partial charge on any atom is -0.496 e. The van der Waals surface area contributed by atoms with E-state index in [1.807, 2.05) is 6.07 Å². The van der Waals surface area contributed by atoms with Gasteiger partial charge >= 0.3 is 5.97 Å². The summed E-state index contributed by atoms with van der Waals surface area (Å²) in [4.78, 5) is 24.6. The summed E-state index contributed by atoms with van der Waals surface area (Å²) < 4.78 is 17.2. The number of rotatable bonds is 10. The van der Waals surface area contributed by atoms with Crippen LogP contribution in [-0.2, 0) is 22.4 Å². The van der Waals surface area contributed by atoms with E-state index in [-0.39, 0.29) is 35.9 Å². The molecule has 3 rings (SSSR count). The van der Waals surface area contributed by atoms with E-state index in [0.717, 1.165) is 54.7 Å². The van der Waals surface area contributed by atoms with Crippen LogP contribution in [0.5, 0.6) is 11.5 Å². The summed E-state index contributed by atoms with van der Waals surface area (Å²) in [7, 11) is 3.27. The number of carbonyl (C=O) groups is 1. The van der Waals surface area contributed by atoms with Crippen LogP contribution in [0.15, 0.2) is 28.6 Å². The number of carbonyl (C=O) groups excluding carboxylic acids is 1. The molecule has 8 heteroatoms. The van der Waals surface area contributed by atoms with Crippen molar-refractivity contribution in [2.24, 2.45) is 16.8 Å². The molecule has 0 spiro atoms. The fourth-order valence-electron chi connectivity index (χ4n) is 5.12. The minimum absolute atomic E-state index is 0.108. The van der Waals surface area contributed by atoms with Gasteiger partial charge in [-0.3, -0.25) is 5.41 Å². The van der Waals surface area contributed by atoms with Gasteiger partial charge in [-0.15, -0.1) is 4.91 Å². The summed E-state index contributed by atoms with van der Waals surface area (Å²) in [6.07, 6.45) is 6.18. The second-order valence-electron chi connectivity index (χ2n) is 8.66. The number of ether oxygens (including phenoxy) is 3. The van der Waals surface area contributed by atoms with Crippen molar-refractivity contribution in [1.82, 2.24) is 0 Å². The Balaban J connectivity index is 1.95. The molecule has 2 aliphatic rings. The molecule has 1 unspecified atom stereocenters. The maximum atomic E-state index is 12.9. The molecule has 32 heavy (non-hydrogen) atoms. The maximum absolute atomic E-state index is 12.9. The lowest BCUT2D eigenvalue weighted by atomic mass is 9.75. The van der Waals surface area contributed by atoms with Gasteiger partial charge in [-0.25, -0.2) is 4.79 Å². The van der Waals surface area contributed by atoms with Crippen molar-refractivity contribution in [3.05, 3.63) is 39.4 Å². The number of nitroso groups, excluding NO2 is 1. The molecule has 174 valence electrons. The first-order chi connectivity index (χ1) is 15.4. The van der Waals surface area contributed by atoms with Crippen LogP contribution < -0.4 is 15.2 Å². The number of nitrogens with two attached hydrogens (primary N) is 1. The molecule has 1 atom stereocenters. The highest BCUT2D eigenvalue weighted by Crippen LogP contribution is 2.47. The van der Waals surface area contributed by atoms with E-state index in [9.17, 15) is 9.70 Å². The number of esters is 1. The van der Waals surface area contributed by atoms with E-state index in [1.54, 1.807) is 14.2 Å². The lowest BCUT2D eigenvalue weighted by Crippen LogP contribution is -2.46. The van der Waals surface area contributed by atoms with Crippen LogP contribution in [0.3, 0.4) is 0 Å². The Hall–Kier alpha value is -2.90. The Morgan fingerprint density at radius 1 is 1.22 bits per heavy atom. The second-order valence-corrected chi connectivity index (χ2v) is 8.66. The molecule has 1 saturated carbocycles. The number of nitrogens with zero attached hydrogens (tertiary/aromatic N) is 1. The van der Waals surface area contributed by atoms with Crippen LogP contribution in [0.25, 0.3) is 0 Å². The molecule has 0 aromatic heterocycles. The van der Waals surface area contributed by atoms with Crippen LogP contribution in [0.1, 0.15) is 63.0 Å². The van der Waals surface area contributed by atoms with Crippen LogP contribution >= 0.6 is 0 Å². The zero-order valence-electron chi connectivity index (χ0n) is 19.2. The summed E-state index contributed by atoms with van der Waals surface area (Å²) in [5, 5.41) is 10.7. The largest absolute Gasteiger partial charge is 0.496 e.